The van der Waals surface area contributed by atoms with Crippen molar-refractivity contribution >= 4 is 23.4 Å². The second-order valence-corrected chi connectivity index (χ2v) is 6.77. The summed E-state index contributed by atoms with van der Waals surface area (Å²) in [6.45, 7) is 0.771. The third-order valence-corrected chi connectivity index (χ3v) is 4.78. The Morgan fingerprint density at radius 1 is 1.11 bits per heavy atom. The van der Waals surface area contributed by atoms with Gasteiger partial charge in [-0.3, -0.25) is 19.3 Å². The van der Waals surface area contributed by atoms with E-state index in [4.69, 9.17) is 9.47 Å². The molecule has 4 rings (SSSR count). The van der Waals surface area contributed by atoms with Crippen LogP contribution in [0.5, 0.6) is 5.75 Å². The molecule has 2 aromatic rings. The molecule has 7 heteroatoms. The Morgan fingerprint density at radius 3 is 2.64 bits per heavy atom. The standard InChI is InChI=1S/C21H20N2O5/c24-19(13-28-15-5-2-1-3-6-15)22-14-8-9-17-18(11-14)21(26)23(20(17)25)12-16-7-4-10-27-16/h1-3,5-6,8-9,11,16H,4,7,10,12-13H2,(H,22,24)/t16-/m0/s1. The van der Waals surface area contributed by atoms with Crippen LogP contribution in [0.25, 0.3) is 0 Å². The Morgan fingerprint density at radius 2 is 1.89 bits per heavy atom. The summed E-state index contributed by atoms with van der Waals surface area (Å²) in [6, 6.07) is 13.7. The molecule has 2 heterocycles. The number of ether oxygens (including phenoxy) is 2. The van der Waals surface area contributed by atoms with Crippen LogP contribution in [0.1, 0.15) is 33.6 Å². The summed E-state index contributed by atoms with van der Waals surface area (Å²) in [7, 11) is 0. The average Bonchev–Trinajstić information content (AvgIpc) is 3.30. The van der Waals surface area contributed by atoms with Gasteiger partial charge in [0.15, 0.2) is 6.61 Å². The summed E-state index contributed by atoms with van der Waals surface area (Å²) < 4.78 is 10.9. The molecule has 0 radical (unpaired) electrons. The fourth-order valence-corrected chi connectivity index (χ4v) is 3.39. The number of hydrogen-bond acceptors (Lipinski definition) is 5. The summed E-state index contributed by atoms with van der Waals surface area (Å²) in [5.74, 6) is -0.429. The SMILES string of the molecule is O=C(COc1ccccc1)Nc1ccc2c(c1)C(=O)N(C[C@@H]1CCCO1)C2=O. The van der Waals surface area contributed by atoms with Crippen LogP contribution in [-0.2, 0) is 9.53 Å². The molecule has 144 valence electrons. The first kappa shape index (κ1) is 18.2. The van der Waals surface area contributed by atoms with Crippen molar-refractivity contribution in [1.29, 1.82) is 0 Å². The molecule has 0 spiro atoms. The Balaban J connectivity index is 1.40. The first-order valence-electron chi connectivity index (χ1n) is 9.21. The molecule has 1 N–H and O–H groups in total. The monoisotopic (exact) mass is 380 g/mol. The molecule has 1 saturated heterocycles. The molecule has 0 bridgehead atoms. The van der Waals surface area contributed by atoms with Gasteiger partial charge in [-0.1, -0.05) is 18.2 Å². The first-order chi connectivity index (χ1) is 13.6. The molecule has 1 fully saturated rings. The van der Waals surface area contributed by atoms with Gasteiger partial charge in [0, 0.05) is 12.3 Å². The zero-order chi connectivity index (χ0) is 19.5. The van der Waals surface area contributed by atoms with Crippen LogP contribution in [0.4, 0.5) is 5.69 Å². The van der Waals surface area contributed by atoms with Crippen molar-refractivity contribution in [1.82, 2.24) is 4.90 Å². The Bertz CT molecular complexity index is 906. The number of amides is 3. The predicted molar refractivity (Wildman–Crippen MR) is 101 cm³/mol. The number of nitrogens with zero attached hydrogens (tertiary/aromatic N) is 1. The molecule has 2 aliphatic heterocycles. The van der Waals surface area contributed by atoms with Gasteiger partial charge in [-0.15, -0.1) is 0 Å². The minimum Gasteiger partial charge on any atom is -0.484 e. The van der Waals surface area contributed by atoms with Crippen molar-refractivity contribution < 1.29 is 23.9 Å². The topological polar surface area (TPSA) is 84.9 Å². The second-order valence-electron chi connectivity index (χ2n) is 6.77. The van der Waals surface area contributed by atoms with Crippen molar-refractivity contribution in [2.75, 3.05) is 25.1 Å². The molecule has 0 aliphatic carbocycles. The lowest BCUT2D eigenvalue weighted by molar-refractivity contribution is -0.118. The molecule has 0 unspecified atom stereocenters. The van der Waals surface area contributed by atoms with Gasteiger partial charge in [-0.2, -0.15) is 0 Å². The van der Waals surface area contributed by atoms with Gasteiger partial charge in [-0.25, -0.2) is 0 Å². The van der Waals surface area contributed by atoms with E-state index < -0.39 is 0 Å². The van der Waals surface area contributed by atoms with Crippen LogP contribution in [0.3, 0.4) is 0 Å². The highest BCUT2D eigenvalue weighted by atomic mass is 16.5. The number of para-hydroxylation sites is 1. The number of anilines is 1. The van der Waals surface area contributed by atoms with Crippen molar-refractivity contribution in [2.24, 2.45) is 0 Å². The van der Waals surface area contributed by atoms with Gasteiger partial charge in [0.1, 0.15) is 5.75 Å². The number of carbonyl (C=O) groups is 3. The van der Waals surface area contributed by atoms with Crippen molar-refractivity contribution in [2.45, 2.75) is 18.9 Å². The Labute approximate surface area is 162 Å². The lowest BCUT2D eigenvalue weighted by Crippen LogP contribution is -2.36. The highest BCUT2D eigenvalue weighted by Crippen LogP contribution is 2.27. The van der Waals surface area contributed by atoms with E-state index in [1.807, 2.05) is 18.2 Å². The maximum Gasteiger partial charge on any atom is 0.262 e. The smallest absolute Gasteiger partial charge is 0.262 e. The third kappa shape index (κ3) is 3.75. The molecule has 28 heavy (non-hydrogen) atoms. The molecule has 2 aliphatic rings. The number of imide groups is 1. The Hall–Kier alpha value is -3.19. The first-order valence-corrected chi connectivity index (χ1v) is 9.21. The van der Waals surface area contributed by atoms with E-state index in [0.29, 0.717) is 29.2 Å². The van der Waals surface area contributed by atoms with E-state index in [-0.39, 0.29) is 37.0 Å². The number of rotatable bonds is 6. The maximum atomic E-state index is 12.7. The minimum atomic E-state index is -0.355. The normalized spacial score (nSPS) is 18.3. The fraction of sp³-hybridized carbons (Fsp3) is 0.286. The highest BCUT2D eigenvalue weighted by Gasteiger charge is 2.37. The number of fused-ring (bicyclic) bond motifs is 1. The zero-order valence-corrected chi connectivity index (χ0v) is 15.2. The molecular weight excluding hydrogens is 360 g/mol. The van der Waals surface area contributed by atoms with E-state index in [1.54, 1.807) is 24.3 Å². The summed E-state index contributed by atoms with van der Waals surface area (Å²) in [5, 5.41) is 2.69. The van der Waals surface area contributed by atoms with Crippen molar-refractivity contribution in [3.63, 3.8) is 0 Å². The maximum absolute atomic E-state index is 12.7. The van der Waals surface area contributed by atoms with E-state index in [9.17, 15) is 14.4 Å². The van der Waals surface area contributed by atoms with Gasteiger partial charge in [0.2, 0.25) is 0 Å². The molecule has 3 amide bonds. The van der Waals surface area contributed by atoms with Crippen LogP contribution < -0.4 is 10.1 Å². The molecule has 7 nitrogen and oxygen atoms in total. The van der Waals surface area contributed by atoms with Gasteiger partial charge in [0.25, 0.3) is 17.7 Å². The number of carbonyl (C=O) groups excluding carboxylic acids is 3. The van der Waals surface area contributed by atoms with Gasteiger partial charge in [-0.05, 0) is 43.2 Å². The van der Waals surface area contributed by atoms with Crippen LogP contribution in [-0.4, -0.2) is 48.5 Å². The second kappa shape index (κ2) is 7.82. The molecule has 0 aromatic heterocycles. The highest BCUT2D eigenvalue weighted by molar-refractivity contribution is 6.21. The number of hydrogen-bond donors (Lipinski definition) is 1. The average molecular weight is 380 g/mol. The summed E-state index contributed by atoms with van der Waals surface area (Å²) in [4.78, 5) is 38.5. The van der Waals surface area contributed by atoms with Gasteiger partial charge >= 0.3 is 0 Å². The van der Waals surface area contributed by atoms with Crippen molar-refractivity contribution in [3.8, 4) is 5.75 Å². The molecule has 0 saturated carbocycles. The largest absolute Gasteiger partial charge is 0.484 e. The summed E-state index contributed by atoms with van der Waals surface area (Å²) in [5.41, 5.74) is 1.09. The fourth-order valence-electron chi connectivity index (χ4n) is 3.39. The summed E-state index contributed by atoms with van der Waals surface area (Å²) in [6.07, 6.45) is 1.68. The summed E-state index contributed by atoms with van der Waals surface area (Å²) >= 11 is 0. The van der Waals surface area contributed by atoms with E-state index in [2.05, 4.69) is 5.32 Å². The van der Waals surface area contributed by atoms with E-state index in [0.717, 1.165) is 12.8 Å². The third-order valence-electron chi connectivity index (χ3n) is 4.78. The number of benzene rings is 2. The molecule has 2 aromatic carbocycles. The predicted octanol–water partition coefficient (Wildman–Crippen LogP) is 2.48. The molecule has 1 atom stereocenters. The van der Waals surface area contributed by atoms with Gasteiger partial charge in [0.05, 0.1) is 23.8 Å². The lowest BCUT2D eigenvalue weighted by atomic mass is 10.1. The lowest BCUT2D eigenvalue weighted by Gasteiger charge is -2.17. The minimum absolute atomic E-state index is 0.100. The van der Waals surface area contributed by atoms with Crippen LogP contribution in [0.15, 0.2) is 48.5 Å². The van der Waals surface area contributed by atoms with Crippen LogP contribution >= 0.6 is 0 Å². The zero-order valence-electron chi connectivity index (χ0n) is 15.2. The van der Waals surface area contributed by atoms with Crippen LogP contribution in [0.2, 0.25) is 0 Å². The molecular formula is C21H20N2O5. The van der Waals surface area contributed by atoms with Crippen LogP contribution in [0, 0.1) is 0 Å². The van der Waals surface area contributed by atoms with E-state index in [1.165, 1.54) is 11.0 Å². The van der Waals surface area contributed by atoms with E-state index >= 15 is 0 Å². The van der Waals surface area contributed by atoms with Crippen molar-refractivity contribution in [3.05, 3.63) is 59.7 Å². The number of nitrogens with one attached hydrogen (secondary N) is 1. The Kier molecular flexibility index (Phi) is 5.08. The quantitative estimate of drug-likeness (QED) is 0.779. The van der Waals surface area contributed by atoms with Gasteiger partial charge < -0.3 is 14.8 Å².